The minimum atomic E-state index is -0.322. The molecular formula is C16H21ClFN3. The van der Waals surface area contributed by atoms with Crippen LogP contribution in [0, 0.1) is 6.92 Å². The van der Waals surface area contributed by atoms with Crippen LogP contribution in [-0.4, -0.2) is 34.8 Å². The van der Waals surface area contributed by atoms with Gasteiger partial charge in [0.05, 0.1) is 16.8 Å². The van der Waals surface area contributed by atoms with Gasteiger partial charge in [-0.2, -0.15) is 5.10 Å². The van der Waals surface area contributed by atoms with E-state index in [2.05, 4.69) is 27.8 Å². The van der Waals surface area contributed by atoms with Crippen LogP contribution in [-0.2, 0) is 0 Å². The zero-order valence-electron chi connectivity index (χ0n) is 12.5. The van der Waals surface area contributed by atoms with Crippen molar-refractivity contribution in [2.45, 2.75) is 38.1 Å². The number of allylic oxidation sites excluding steroid dienone is 4. The highest BCUT2D eigenvalue weighted by atomic mass is 35.5. The lowest BCUT2D eigenvalue weighted by Gasteiger charge is -2.30. The van der Waals surface area contributed by atoms with E-state index in [1.807, 2.05) is 6.92 Å². The first-order chi connectivity index (χ1) is 10.0. The molecule has 0 N–H and O–H groups in total. The van der Waals surface area contributed by atoms with E-state index in [0.717, 1.165) is 31.6 Å². The summed E-state index contributed by atoms with van der Waals surface area (Å²) in [5.74, 6) is 0.211. The van der Waals surface area contributed by atoms with E-state index >= 15 is 0 Å². The fourth-order valence-corrected chi connectivity index (χ4v) is 3.44. The number of aromatic nitrogens is 2. The van der Waals surface area contributed by atoms with Gasteiger partial charge in [-0.05, 0) is 64.5 Å². The predicted octanol–water partition coefficient (Wildman–Crippen LogP) is 3.92. The zero-order valence-corrected chi connectivity index (χ0v) is 13.3. The summed E-state index contributed by atoms with van der Waals surface area (Å²) >= 11 is 5.95. The molecule has 114 valence electrons. The summed E-state index contributed by atoms with van der Waals surface area (Å²) in [7, 11) is 2.16. The van der Waals surface area contributed by atoms with Crippen molar-refractivity contribution in [2.75, 3.05) is 20.1 Å². The summed E-state index contributed by atoms with van der Waals surface area (Å²) in [6.45, 7) is 4.24. The lowest BCUT2D eigenvalue weighted by molar-refractivity contribution is 0.248. The smallest absolute Gasteiger partial charge is 0.137 e. The maximum Gasteiger partial charge on any atom is 0.137 e. The average molecular weight is 310 g/mol. The molecule has 1 aliphatic carbocycles. The highest BCUT2D eigenvalue weighted by molar-refractivity contribution is 6.31. The molecule has 1 saturated heterocycles. The van der Waals surface area contributed by atoms with Crippen LogP contribution in [0.2, 0.25) is 0 Å². The molecule has 0 saturated carbocycles. The second-order valence-corrected chi connectivity index (χ2v) is 6.51. The third kappa shape index (κ3) is 3.06. The largest absolute Gasteiger partial charge is 0.306 e. The number of nitrogens with zero attached hydrogens (tertiary/aromatic N) is 3. The van der Waals surface area contributed by atoms with Crippen LogP contribution >= 0.6 is 11.6 Å². The van der Waals surface area contributed by atoms with Gasteiger partial charge in [0, 0.05) is 11.6 Å². The normalized spacial score (nSPS) is 24.9. The van der Waals surface area contributed by atoms with Crippen LogP contribution in [0.3, 0.4) is 0 Å². The number of hydrogen-bond acceptors (Lipinski definition) is 2. The van der Waals surface area contributed by atoms with Gasteiger partial charge in [-0.15, -0.1) is 0 Å². The summed E-state index contributed by atoms with van der Waals surface area (Å²) < 4.78 is 15.4. The molecule has 1 atom stereocenters. The quantitative estimate of drug-likeness (QED) is 0.825. The number of piperidine rings is 1. The zero-order chi connectivity index (χ0) is 15.0. The maximum absolute atomic E-state index is 13.4. The van der Waals surface area contributed by atoms with Crippen LogP contribution in [0.5, 0.6) is 0 Å². The summed E-state index contributed by atoms with van der Waals surface area (Å²) in [6.07, 6.45) is 6.25. The second kappa shape index (κ2) is 5.93. The van der Waals surface area contributed by atoms with Gasteiger partial charge < -0.3 is 4.90 Å². The van der Waals surface area contributed by atoms with Gasteiger partial charge in [0.2, 0.25) is 0 Å². The molecule has 0 spiro atoms. The van der Waals surface area contributed by atoms with E-state index < -0.39 is 0 Å². The van der Waals surface area contributed by atoms with Crippen molar-refractivity contribution in [1.29, 1.82) is 0 Å². The van der Waals surface area contributed by atoms with Crippen molar-refractivity contribution in [2.24, 2.45) is 0 Å². The first kappa shape index (κ1) is 14.8. The fourth-order valence-electron chi connectivity index (χ4n) is 3.22. The third-order valence-electron chi connectivity index (χ3n) is 4.44. The Labute approximate surface area is 130 Å². The Morgan fingerprint density at radius 2 is 2.05 bits per heavy atom. The molecular weight excluding hydrogens is 289 g/mol. The summed E-state index contributed by atoms with van der Waals surface area (Å²) in [5, 5.41) is 4.84. The Bertz CT molecular complexity index is 582. The molecule has 3 nitrogen and oxygen atoms in total. The molecule has 5 heteroatoms. The predicted molar refractivity (Wildman–Crippen MR) is 83.2 cm³/mol. The Balaban J connectivity index is 1.87. The minimum absolute atomic E-state index is 0.0281. The topological polar surface area (TPSA) is 21.1 Å². The van der Waals surface area contributed by atoms with Crippen LogP contribution in [0.1, 0.15) is 42.6 Å². The summed E-state index contributed by atoms with van der Waals surface area (Å²) in [6, 6.07) is 2.20. The van der Waals surface area contributed by atoms with E-state index in [1.54, 1.807) is 12.2 Å². The van der Waals surface area contributed by atoms with Crippen molar-refractivity contribution in [3.63, 3.8) is 0 Å². The molecule has 2 aliphatic rings. The molecule has 21 heavy (non-hydrogen) atoms. The minimum Gasteiger partial charge on any atom is -0.306 e. The van der Waals surface area contributed by atoms with E-state index in [0.29, 0.717) is 12.3 Å². The van der Waals surface area contributed by atoms with Crippen molar-refractivity contribution >= 4 is 11.6 Å². The standard InChI is InChI=1S/C16H21ClFN3/c1-11-9-16(12-5-7-20(2)8-6-12)21(19-11)13-3-4-15(18)14(17)10-13/h4,9-10,12-13H,3,5-8H2,1-2H3. The molecule has 1 aromatic heterocycles. The van der Waals surface area contributed by atoms with Gasteiger partial charge in [-0.25, -0.2) is 4.39 Å². The Kier molecular flexibility index (Phi) is 4.18. The number of likely N-dealkylation sites (tertiary alicyclic amines) is 1. The van der Waals surface area contributed by atoms with Gasteiger partial charge in [0.15, 0.2) is 0 Å². The molecule has 0 radical (unpaired) electrons. The Morgan fingerprint density at radius 3 is 2.71 bits per heavy atom. The summed E-state index contributed by atoms with van der Waals surface area (Å²) in [5.41, 5.74) is 2.28. The highest BCUT2D eigenvalue weighted by Crippen LogP contribution is 2.34. The van der Waals surface area contributed by atoms with E-state index in [9.17, 15) is 4.39 Å². The molecule has 0 aromatic carbocycles. The summed E-state index contributed by atoms with van der Waals surface area (Å²) in [4.78, 5) is 2.36. The monoisotopic (exact) mass is 309 g/mol. The Hall–Kier alpha value is -1.13. The third-order valence-corrected chi connectivity index (χ3v) is 4.75. The van der Waals surface area contributed by atoms with Gasteiger partial charge >= 0.3 is 0 Å². The Morgan fingerprint density at radius 1 is 1.33 bits per heavy atom. The SMILES string of the molecule is Cc1cc(C2CCN(C)CC2)n(C2C=C(Cl)C(F)=CC2)n1. The van der Waals surface area contributed by atoms with Gasteiger partial charge in [-0.3, -0.25) is 4.68 Å². The van der Waals surface area contributed by atoms with Crippen LogP contribution in [0.4, 0.5) is 4.39 Å². The van der Waals surface area contributed by atoms with Crippen molar-refractivity contribution in [3.05, 3.63) is 40.5 Å². The number of rotatable bonds is 2. The second-order valence-electron chi connectivity index (χ2n) is 6.10. The van der Waals surface area contributed by atoms with Gasteiger partial charge in [-0.1, -0.05) is 11.6 Å². The molecule has 3 rings (SSSR count). The van der Waals surface area contributed by atoms with Crippen molar-refractivity contribution < 1.29 is 4.39 Å². The lowest BCUT2D eigenvalue weighted by atomic mass is 9.93. The lowest BCUT2D eigenvalue weighted by Crippen LogP contribution is -2.30. The van der Waals surface area contributed by atoms with Crippen LogP contribution in [0.25, 0.3) is 0 Å². The number of halogens is 2. The fraction of sp³-hybridized carbons (Fsp3) is 0.562. The first-order valence-corrected chi connectivity index (χ1v) is 7.90. The molecule has 1 aromatic rings. The molecule has 1 fully saturated rings. The molecule has 2 heterocycles. The maximum atomic E-state index is 13.4. The number of aryl methyl sites for hydroxylation is 1. The first-order valence-electron chi connectivity index (χ1n) is 7.52. The molecule has 1 unspecified atom stereocenters. The van der Waals surface area contributed by atoms with E-state index in [1.165, 1.54) is 5.69 Å². The van der Waals surface area contributed by atoms with Crippen molar-refractivity contribution in [1.82, 2.24) is 14.7 Å². The molecule has 0 bridgehead atoms. The van der Waals surface area contributed by atoms with Crippen LogP contribution < -0.4 is 0 Å². The average Bonchev–Trinajstić information content (AvgIpc) is 2.85. The number of hydrogen-bond donors (Lipinski definition) is 0. The van der Waals surface area contributed by atoms with E-state index in [4.69, 9.17) is 11.6 Å². The van der Waals surface area contributed by atoms with Gasteiger partial charge in [0.25, 0.3) is 0 Å². The molecule has 0 amide bonds. The van der Waals surface area contributed by atoms with Crippen molar-refractivity contribution in [3.8, 4) is 0 Å². The van der Waals surface area contributed by atoms with Crippen LogP contribution in [0.15, 0.2) is 29.1 Å². The molecule has 1 aliphatic heterocycles. The van der Waals surface area contributed by atoms with Gasteiger partial charge in [0.1, 0.15) is 5.83 Å². The van der Waals surface area contributed by atoms with E-state index in [-0.39, 0.29) is 16.9 Å². The highest BCUT2D eigenvalue weighted by Gasteiger charge is 2.26.